The fourth-order valence-corrected chi connectivity index (χ4v) is 1.01. The molecule has 64 valence electrons. The predicted octanol–water partition coefficient (Wildman–Crippen LogP) is 3.47. The van der Waals surface area contributed by atoms with E-state index < -0.39 is 0 Å². The summed E-state index contributed by atoms with van der Waals surface area (Å²) >= 11 is 5.46. The first-order valence-corrected chi connectivity index (χ1v) is 4.35. The van der Waals surface area contributed by atoms with E-state index in [-0.39, 0.29) is 5.82 Å². The van der Waals surface area contributed by atoms with Crippen molar-refractivity contribution in [1.29, 1.82) is 0 Å². The molecular weight excluding hydrogens is 175 g/mol. The highest BCUT2D eigenvalue weighted by Gasteiger charge is 1.93. The Morgan fingerprint density at radius 2 is 2.08 bits per heavy atom. The number of hydrogen-bond donors (Lipinski definition) is 0. The van der Waals surface area contributed by atoms with Crippen molar-refractivity contribution in [1.82, 2.24) is 0 Å². The second-order valence-electron chi connectivity index (χ2n) is 2.40. The van der Waals surface area contributed by atoms with Crippen molar-refractivity contribution in [2.24, 2.45) is 0 Å². The molecule has 0 radical (unpaired) electrons. The van der Waals surface area contributed by atoms with Gasteiger partial charge in [-0.25, -0.2) is 4.39 Å². The van der Waals surface area contributed by atoms with Gasteiger partial charge in [-0.15, -0.1) is 11.6 Å². The third-order valence-corrected chi connectivity index (χ3v) is 1.70. The summed E-state index contributed by atoms with van der Waals surface area (Å²) in [5, 5.41) is 0. The van der Waals surface area contributed by atoms with Crippen molar-refractivity contribution in [3.8, 4) is 0 Å². The molecule has 0 fully saturated rings. The Hall–Kier alpha value is -0.820. The van der Waals surface area contributed by atoms with E-state index >= 15 is 0 Å². The molecule has 0 spiro atoms. The van der Waals surface area contributed by atoms with Gasteiger partial charge in [-0.3, -0.25) is 0 Å². The molecule has 0 saturated carbocycles. The SMILES string of the molecule is Fc1ccccc1C=CCCCl. The highest BCUT2D eigenvalue weighted by Crippen LogP contribution is 2.08. The third kappa shape index (κ3) is 2.67. The van der Waals surface area contributed by atoms with Crippen LogP contribution in [0.4, 0.5) is 4.39 Å². The highest BCUT2D eigenvalue weighted by molar-refractivity contribution is 6.17. The molecule has 0 N–H and O–H groups in total. The first-order valence-electron chi connectivity index (χ1n) is 3.81. The number of alkyl halides is 1. The summed E-state index contributed by atoms with van der Waals surface area (Å²) in [7, 11) is 0. The van der Waals surface area contributed by atoms with E-state index in [2.05, 4.69) is 0 Å². The summed E-state index contributed by atoms with van der Waals surface area (Å²) < 4.78 is 12.9. The van der Waals surface area contributed by atoms with E-state index in [0.29, 0.717) is 11.4 Å². The highest BCUT2D eigenvalue weighted by atomic mass is 35.5. The second-order valence-corrected chi connectivity index (χ2v) is 2.78. The van der Waals surface area contributed by atoms with Crippen LogP contribution < -0.4 is 0 Å². The first kappa shape index (κ1) is 9.27. The summed E-state index contributed by atoms with van der Waals surface area (Å²) in [6.45, 7) is 0. The predicted molar refractivity (Wildman–Crippen MR) is 50.8 cm³/mol. The van der Waals surface area contributed by atoms with Gasteiger partial charge in [-0.05, 0) is 12.5 Å². The van der Waals surface area contributed by atoms with Crippen molar-refractivity contribution in [2.75, 3.05) is 5.88 Å². The molecule has 0 nitrogen and oxygen atoms in total. The summed E-state index contributed by atoms with van der Waals surface area (Å²) in [6.07, 6.45) is 4.39. The number of benzene rings is 1. The Labute approximate surface area is 76.7 Å². The van der Waals surface area contributed by atoms with Gasteiger partial charge >= 0.3 is 0 Å². The van der Waals surface area contributed by atoms with E-state index in [1.165, 1.54) is 6.07 Å². The van der Waals surface area contributed by atoms with Crippen LogP contribution in [0.3, 0.4) is 0 Å². The molecule has 0 aliphatic rings. The largest absolute Gasteiger partial charge is 0.206 e. The minimum absolute atomic E-state index is 0.191. The fourth-order valence-electron chi connectivity index (χ4n) is 0.884. The zero-order valence-electron chi connectivity index (χ0n) is 6.63. The van der Waals surface area contributed by atoms with E-state index in [9.17, 15) is 4.39 Å². The maximum absolute atomic E-state index is 12.9. The van der Waals surface area contributed by atoms with Crippen LogP contribution in [0.1, 0.15) is 12.0 Å². The molecule has 0 aliphatic heterocycles. The smallest absolute Gasteiger partial charge is 0.130 e. The number of hydrogen-bond acceptors (Lipinski definition) is 0. The molecule has 12 heavy (non-hydrogen) atoms. The third-order valence-electron chi connectivity index (χ3n) is 1.48. The molecule has 1 aromatic rings. The molecule has 0 atom stereocenters. The minimum atomic E-state index is -0.191. The Morgan fingerprint density at radius 1 is 1.33 bits per heavy atom. The van der Waals surface area contributed by atoms with Crippen LogP contribution in [0.5, 0.6) is 0 Å². The van der Waals surface area contributed by atoms with Crippen LogP contribution in [0.2, 0.25) is 0 Å². The molecular formula is C10H10ClF. The molecule has 1 rings (SSSR count). The first-order chi connectivity index (χ1) is 5.84. The molecule has 0 aliphatic carbocycles. The lowest BCUT2D eigenvalue weighted by Crippen LogP contribution is -1.79. The monoisotopic (exact) mass is 184 g/mol. The topological polar surface area (TPSA) is 0 Å². The Morgan fingerprint density at radius 3 is 2.75 bits per heavy atom. The van der Waals surface area contributed by atoms with Gasteiger partial charge < -0.3 is 0 Å². The molecule has 0 saturated heterocycles. The van der Waals surface area contributed by atoms with Gasteiger partial charge in [0.2, 0.25) is 0 Å². The van der Waals surface area contributed by atoms with Gasteiger partial charge in [0.05, 0.1) is 0 Å². The van der Waals surface area contributed by atoms with E-state index in [1.54, 1.807) is 18.2 Å². The molecule has 0 unspecified atom stereocenters. The number of allylic oxidation sites excluding steroid dienone is 1. The van der Waals surface area contributed by atoms with Gasteiger partial charge in [0.25, 0.3) is 0 Å². The summed E-state index contributed by atoms with van der Waals surface area (Å²) in [5.41, 5.74) is 0.614. The van der Waals surface area contributed by atoms with Crippen molar-refractivity contribution >= 4 is 17.7 Å². The molecule has 0 bridgehead atoms. The van der Waals surface area contributed by atoms with Crippen molar-refractivity contribution in [2.45, 2.75) is 6.42 Å². The number of rotatable bonds is 3. The molecule has 1 aromatic carbocycles. The maximum Gasteiger partial charge on any atom is 0.130 e. The Kier molecular flexibility index (Phi) is 3.81. The average molecular weight is 185 g/mol. The van der Waals surface area contributed by atoms with E-state index in [0.717, 1.165) is 6.42 Å². The van der Waals surface area contributed by atoms with Crippen molar-refractivity contribution in [3.05, 3.63) is 41.7 Å². The van der Waals surface area contributed by atoms with Gasteiger partial charge in [0.1, 0.15) is 5.82 Å². The second kappa shape index (κ2) is 4.94. The minimum Gasteiger partial charge on any atom is -0.206 e. The molecule has 2 heteroatoms. The van der Waals surface area contributed by atoms with Crippen LogP contribution >= 0.6 is 11.6 Å². The Balaban J connectivity index is 2.68. The van der Waals surface area contributed by atoms with Crippen LogP contribution in [0.15, 0.2) is 30.3 Å². The van der Waals surface area contributed by atoms with Gasteiger partial charge in [-0.2, -0.15) is 0 Å². The lowest BCUT2D eigenvalue weighted by atomic mass is 10.2. The standard InChI is InChI=1S/C10H10ClF/c11-8-4-3-6-9-5-1-2-7-10(9)12/h1-3,5-7H,4,8H2. The van der Waals surface area contributed by atoms with E-state index in [4.69, 9.17) is 11.6 Å². The number of halogens is 2. The van der Waals surface area contributed by atoms with Crippen LogP contribution in [-0.4, -0.2) is 5.88 Å². The molecule has 0 aromatic heterocycles. The zero-order valence-corrected chi connectivity index (χ0v) is 7.39. The van der Waals surface area contributed by atoms with Gasteiger partial charge in [-0.1, -0.05) is 30.4 Å². The zero-order chi connectivity index (χ0) is 8.81. The average Bonchev–Trinajstić information content (AvgIpc) is 2.09. The van der Waals surface area contributed by atoms with Crippen LogP contribution in [0.25, 0.3) is 6.08 Å². The summed E-state index contributed by atoms with van der Waals surface area (Å²) in [6, 6.07) is 6.66. The van der Waals surface area contributed by atoms with Gasteiger partial charge in [0, 0.05) is 11.4 Å². The molecule has 0 amide bonds. The Bertz CT molecular complexity index is 268. The van der Waals surface area contributed by atoms with Gasteiger partial charge in [0.15, 0.2) is 0 Å². The summed E-state index contributed by atoms with van der Waals surface area (Å²) in [5.74, 6) is 0.383. The summed E-state index contributed by atoms with van der Waals surface area (Å²) in [4.78, 5) is 0. The van der Waals surface area contributed by atoms with Crippen molar-refractivity contribution < 1.29 is 4.39 Å². The van der Waals surface area contributed by atoms with Crippen molar-refractivity contribution in [3.63, 3.8) is 0 Å². The quantitative estimate of drug-likeness (QED) is 0.631. The fraction of sp³-hybridized carbons (Fsp3) is 0.200. The lowest BCUT2D eigenvalue weighted by molar-refractivity contribution is 0.625. The molecule has 0 heterocycles. The lowest BCUT2D eigenvalue weighted by Gasteiger charge is -1.93. The normalized spacial score (nSPS) is 10.8. The van der Waals surface area contributed by atoms with Crippen LogP contribution in [0, 0.1) is 5.82 Å². The van der Waals surface area contributed by atoms with Crippen LogP contribution in [-0.2, 0) is 0 Å². The maximum atomic E-state index is 12.9. The van der Waals surface area contributed by atoms with E-state index in [1.807, 2.05) is 12.1 Å².